The number of aliphatic hydroxyl groups excluding tert-OH is 1. The van der Waals surface area contributed by atoms with Crippen molar-refractivity contribution in [1.29, 1.82) is 0 Å². The number of hydrogen-bond donors (Lipinski definition) is 2. The Bertz CT molecular complexity index is 1490. The zero-order valence-corrected chi connectivity index (χ0v) is 24.0. The van der Waals surface area contributed by atoms with Gasteiger partial charge in [-0.1, -0.05) is 26.8 Å². The molecule has 2 fully saturated rings. The van der Waals surface area contributed by atoms with Gasteiger partial charge in [0, 0.05) is 54.8 Å². The van der Waals surface area contributed by atoms with Gasteiger partial charge < -0.3 is 20.2 Å². The van der Waals surface area contributed by atoms with Crippen LogP contribution in [0.2, 0.25) is 0 Å². The Morgan fingerprint density at radius 1 is 1.10 bits per heavy atom. The van der Waals surface area contributed by atoms with E-state index >= 15 is 0 Å². The lowest BCUT2D eigenvalue weighted by atomic mass is 9.83. The van der Waals surface area contributed by atoms with Crippen molar-refractivity contribution >= 4 is 43.9 Å². The van der Waals surface area contributed by atoms with Crippen LogP contribution in [0, 0.1) is 5.41 Å². The van der Waals surface area contributed by atoms with Crippen molar-refractivity contribution < 1.29 is 17.9 Å². The predicted molar refractivity (Wildman–Crippen MR) is 154 cm³/mol. The summed E-state index contributed by atoms with van der Waals surface area (Å²) in [6.45, 7) is 9.56. The van der Waals surface area contributed by atoms with Crippen LogP contribution >= 0.6 is 0 Å². The molecule has 0 amide bonds. The molecule has 9 nitrogen and oxygen atoms in total. The summed E-state index contributed by atoms with van der Waals surface area (Å²) in [6, 6.07) is 8.00. The molecule has 39 heavy (non-hydrogen) atoms. The lowest BCUT2D eigenvalue weighted by molar-refractivity contribution is -0.00860. The average molecular weight is 557 g/mol. The van der Waals surface area contributed by atoms with Crippen molar-refractivity contribution in [3.05, 3.63) is 42.2 Å². The molecule has 2 aliphatic rings. The highest BCUT2D eigenvalue weighted by molar-refractivity contribution is 7.90. The number of aromatic nitrogens is 3. The van der Waals surface area contributed by atoms with E-state index in [9.17, 15) is 17.9 Å². The van der Waals surface area contributed by atoms with Crippen LogP contribution in [-0.2, 0) is 9.84 Å². The van der Waals surface area contributed by atoms with Gasteiger partial charge in [-0.05, 0) is 48.4 Å². The lowest BCUT2D eigenvalue weighted by Crippen LogP contribution is -2.57. The Labute approximate surface area is 229 Å². The molecule has 2 N–H and O–H groups in total. The number of benzene rings is 1. The average Bonchev–Trinajstić information content (AvgIpc) is 2.82. The Kier molecular flexibility index (Phi) is 6.95. The predicted octanol–water partition coefficient (Wildman–Crippen LogP) is 4.06. The van der Waals surface area contributed by atoms with E-state index in [2.05, 4.69) is 51.1 Å². The van der Waals surface area contributed by atoms with E-state index in [4.69, 9.17) is 0 Å². The Balaban J connectivity index is 1.41. The highest BCUT2D eigenvalue weighted by Crippen LogP contribution is 2.41. The molecule has 11 heteroatoms. The molecule has 0 saturated carbocycles. The topological polar surface area (TPSA) is 112 Å². The third-order valence-corrected chi connectivity index (χ3v) is 8.90. The van der Waals surface area contributed by atoms with Gasteiger partial charge in [-0.3, -0.25) is 0 Å². The van der Waals surface area contributed by atoms with Gasteiger partial charge in [-0.15, -0.1) is 0 Å². The molecule has 210 valence electrons. The molecular weight excluding hydrogens is 519 g/mol. The third-order valence-electron chi connectivity index (χ3n) is 7.68. The van der Waals surface area contributed by atoms with E-state index in [-0.39, 0.29) is 17.7 Å². The SMILES string of the molecule is CC(C)c1ccc(N2CC(C)(CS(C)(=O)=O)C2)c2cnc(Nc3ccnc(N4CC[C@@H](O)[C@@](C)(F)C4)n3)cc12. The summed E-state index contributed by atoms with van der Waals surface area (Å²) in [4.78, 5) is 17.6. The van der Waals surface area contributed by atoms with Crippen LogP contribution in [0.4, 0.5) is 27.7 Å². The fourth-order valence-electron chi connectivity index (χ4n) is 5.87. The molecule has 0 unspecified atom stereocenters. The molecule has 2 aromatic heterocycles. The molecular formula is C28H37FN6O3S. The first-order valence-corrected chi connectivity index (χ1v) is 15.4. The number of anilines is 4. The standard InChI is InChI=1S/C28H37FN6O3S/c1-18(2)19-6-7-22(35-14-27(3,15-35)17-39(5,37)38)21-13-31-25(12-20(19)21)32-24-8-10-30-26(33-24)34-11-9-23(36)28(4,29)16-34/h6-8,10,12-13,18,23,36H,9,11,14-17H2,1-5H3,(H,30,31,32,33)/t23-,28+/m1/s1. The van der Waals surface area contributed by atoms with E-state index in [1.165, 1.54) is 18.7 Å². The summed E-state index contributed by atoms with van der Waals surface area (Å²) >= 11 is 0. The number of halogens is 1. The van der Waals surface area contributed by atoms with Gasteiger partial charge in [-0.25, -0.2) is 22.8 Å². The summed E-state index contributed by atoms with van der Waals surface area (Å²) in [5, 5.41) is 15.3. The maximum Gasteiger partial charge on any atom is 0.227 e. The van der Waals surface area contributed by atoms with Gasteiger partial charge in [0.25, 0.3) is 0 Å². The highest BCUT2D eigenvalue weighted by Gasteiger charge is 2.42. The largest absolute Gasteiger partial charge is 0.390 e. The zero-order chi connectivity index (χ0) is 28.2. The minimum atomic E-state index is -3.05. The minimum absolute atomic E-state index is 0.0199. The number of piperidine rings is 1. The second kappa shape index (κ2) is 9.85. The van der Waals surface area contributed by atoms with Crippen molar-refractivity contribution in [2.24, 2.45) is 5.41 Å². The summed E-state index contributed by atoms with van der Waals surface area (Å²) in [5.41, 5.74) is 0.248. The van der Waals surface area contributed by atoms with E-state index < -0.39 is 21.6 Å². The maximum atomic E-state index is 14.7. The van der Waals surface area contributed by atoms with E-state index in [0.29, 0.717) is 49.6 Å². The number of pyridine rings is 1. The summed E-state index contributed by atoms with van der Waals surface area (Å²) < 4.78 is 38.5. The molecule has 0 spiro atoms. The molecule has 2 atom stereocenters. The first-order chi connectivity index (χ1) is 18.2. The summed E-state index contributed by atoms with van der Waals surface area (Å²) in [6.07, 6.45) is 4.09. The zero-order valence-electron chi connectivity index (χ0n) is 23.1. The quantitative estimate of drug-likeness (QED) is 0.445. The highest BCUT2D eigenvalue weighted by atomic mass is 32.2. The number of sulfone groups is 1. The van der Waals surface area contributed by atoms with Crippen LogP contribution in [0.1, 0.15) is 45.6 Å². The van der Waals surface area contributed by atoms with Crippen molar-refractivity contribution in [2.75, 3.05) is 53.3 Å². The van der Waals surface area contributed by atoms with Crippen LogP contribution in [0.15, 0.2) is 36.7 Å². The normalized spacial score (nSPS) is 23.2. The van der Waals surface area contributed by atoms with Gasteiger partial charge in [0.15, 0.2) is 5.67 Å². The first kappa shape index (κ1) is 27.5. The monoisotopic (exact) mass is 556 g/mol. The molecule has 0 radical (unpaired) electrons. The molecule has 1 aromatic carbocycles. The number of nitrogens with zero attached hydrogens (tertiary/aromatic N) is 5. The van der Waals surface area contributed by atoms with Crippen LogP contribution in [0.5, 0.6) is 0 Å². The number of aliphatic hydroxyl groups is 1. The van der Waals surface area contributed by atoms with Gasteiger partial charge >= 0.3 is 0 Å². The third kappa shape index (κ3) is 5.79. The molecule has 4 heterocycles. The number of hydrogen-bond acceptors (Lipinski definition) is 9. The fourth-order valence-corrected chi connectivity index (χ4v) is 7.32. The van der Waals surface area contributed by atoms with E-state index in [1.807, 2.05) is 19.2 Å². The Morgan fingerprint density at radius 3 is 2.51 bits per heavy atom. The number of nitrogens with one attached hydrogen (secondary N) is 1. The second-order valence-corrected chi connectivity index (χ2v) is 14.2. The second-order valence-electron chi connectivity index (χ2n) is 12.1. The molecule has 3 aromatic rings. The van der Waals surface area contributed by atoms with E-state index in [1.54, 1.807) is 17.2 Å². The summed E-state index contributed by atoms with van der Waals surface area (Å²) in [7, 11) is -3.05. The van der Waals surface area contributed by atoms with Gasteiger partial charge in [0.2, 0.25) is 5.95 Å². The fraction of sp³-hybridized carbons (Fsp3) is 0.536. The maximum absolute atomic E-state index is 14.7. The van der Waals surface area contributed by atoms with Crippen molar-refractivity contribution in [2.45, 2.75) is 51.8 Å². The number of alkyl halides is 1. The van der Waals surface area contributed by atoms with Crippen LogP contribution < -0.4 is 15.1 Å². The van der Waals surface area contributed by atoms with E-state index in [0.717, 1.165) is 16.5 Å². The van der Waals surface area contributed by atoms with Gasteiger partial charge in [-0.2, -0.15) is 4.98 Å². The van der Waals surface area contributed by atoms with Crippen LogP contribution in [0.25, 0.3) is 10.8 Å². The minimum Gasteiger partial charge on any atom is -0.390 e. The summed E-state index contributed by atoms with van der Waals surface area (Å²) in [5.74, 6) is 2.03. The molecule has 5 rings (SSSR count). The number of rotatable bonds is 7. The van der Waals surface area contributed by atoms with Crippen LogP contribution in [0.3, 0.4) is 0 Å². The molecule has 2 aliphatic heterocycles. The molecule has 0 bridgehead atoms. The van der Waals surface area contributed by atoms with Crippen molar-refractivity contribution in [1.82, 2.24) is 15.0 Å². The first-order valence-electron chi connectivity index (χ1n) is 13.3. The lowest BCUT2D eigenvalue weighted by Gasteiger charge is -2.49. The van der Waals surface area contributed by atoms with Crippen molar-refractivity contribution in [3.63, 3.8) is 0 Å². The molecule has 2 saturated heterocycles. The smallest absolute Gasteiger partial charge is 0.227 e. The number of fused-ring (bicyclic) bond motifs is 1. The van der Waals surface area contributed by atoms with Crippen molar-refractivity contribution in [3.8, 4) is 0 Å². The Morgan fingerprint density at radius 2 is 1.85 bits per heavy atom. The van der Waals surface area contributed by atoms with Gasteiger partial charge in [0.1, 0.15) is 21.5 Å². The Hall–Kier alpha value is -3.05. The van der Waals surface area contributed by atoms with Crippen LogP contribution in [-0.4, -0.2) is 78.4 Å². The molecule has 0 aliphatic carbocycles. The van der Waals surface area contributed by atoms with Gasteiger partial charge in [0.05, 0.1) is 18.4 Å².